The van der Waals surface area contributed by atoms with Gasteiger partial charge in [-0.1, -0.05) is 28.1 Å². The summed E-state index contributed by atoms with van der Waals surface area (Å²) in [4.78, 5) is 11.2. The highest BCUT2D eigenvalue weighted by Crippen LogP contribution is 2.27. The molecular weight excluding hydrogens is 299 g/mol. The van der Waals surface area contributed by atoms with Crippen LogP contribution in [0, 0.1) is 5.82 Å². The molecule has 0 aliphatic carbocycles. The Morgan fingerprint density at radius 2 is 1.94 bits per heavy atom. The Morgan fingerprint density at radius 3 is 2.50 bits per heavy atom. The molecule has 5 heteroatoms. The molecule has 1 aliphatic rings. The van der Waals surface area contributed by atoms with Crippen molar-refractivity contribution in [1.82, 2.24) is 10.4 Å². The Hall–Kier alpha value is -0.940. The van der Waals surface area contributed by atoms with Gasteiger partial charge in [0.05, 0.1) is 5.33 Å². The van der Waals surface area contributed by atoms with E-state index in [-0.39, 0.29) is 11.7 Å². The number of hydrogen-bond acceptors (Lipinski definition) is 2. The lowest BCUT2D eigenvalue weighted by Gasteiger charge is -2.32. The maximum atomic E-state index is 12.8. The molecule has 0 atom stereocenters. The van der Waals surface area contributed by atoms with E-state index < -0.39 is 0 Å². The molecule has 1 N–H and O–H groups in total. The summed E-state index contributed by atoms with van der Waals surface area (Å²) >= 11 is 3.12. The largest absolute Gasteiger partial charge is 0.288 e. The summed E-state index contributed by atoms with van der Waals surface area (Å²) in [6.45, 7) is 1.67. The van der Waals surface area contributed by atoms with Crippen LogP contribution in [0.1, 0.15) is 24.3 Å². The van der Waals surface area contributed by atoms with Crippen LogP contribution in [0.3, 0.4) is 0 Å². The first kappa shape index (κ1) is 13.5. The second kappa shape index (κ2) is 6.29. The van der Waals surface area contributed by atoms with E-state index in [1.165, 1.54) is 17.7 Å². The van der Waals surface area contributed by atoms with E-state index in [2.05, 4.69) is 21.4 Å². The highest BCUT2D eigenvalue weighted by Gasteiger charge is 2.21. The Bertz CT molecular complexity index is 402. The quantitative estimate of drug-likeness (QED) is 0.869. The van der Waals surface area contributed by atoms with Crippen molar-refractivity contribution in [2.24, 2.45) is 0 Å². The maximum absolute atomic E-state index is 12.8. The van der Waals surface area contributed by atoms with Crippen molar-refractivity contribution in [3.05, 3.63) is 35.6 Å². The third kappa shape index (κ3) is 3.53. The van der Waals surface area contributed by atoms with Crippen LogP contribution in [-0.2, 0) is 4.79 Å². The van der Waals surface area contributed by atoms with Gasteiger partial charge in [-0.25, -0.2) is 9.40 Å². The molecule has 0 unspecified atom stereocenters. The molecule has 1 heterocycles. The molecule has 0 saturated carbocycles. The van der Waals surface area contributed by atoms with E-state index in [1.54, 1.807) is 0 Å². The fourth-order valence-electron chi connectivity index (χ4n) is 2.27. The van der Waals surface area contributed by atoms with Crippen molar-refractivity contribution in [1.29, 1.82) is 0 Å². The van der Waals surface area contributed by atoms with Gasteiger partial charge in [0.1, 0.15) is 5.82 Å². The maximum Gasteiger partial charge on any atom is 0.244 e. The van der Waals surface area contributed by atoms with Gasteiger partial charge in [0, 0.05) is 13.1 Å². The molecule has 1 aromatic rings. The van der Waals surface area contributed by atoms with Crippen molar-refractivity contribution in [2.75, 3.05) is 18.4 Å². The summed E-state index contributed by atoms with van der Waals surface area (Å²) < 4.78 is 12.8. The molecule has 2 rings (SSSR count). The van der Waals surface area contributed by atoms with Crippen molar-refractivity contribution < 1.29 is 9.18 Å². The number of carbonyl (C=O) groups is 1. The monoisotopic (exact) mass is 314 g/mol. The molecule has 0 aromatic heterocycles. The van der Waals surface area contributed by atoms with Gasteiger partial charge >= 0.3 is 0 Å². The predicted octanol–water partition coefficient (Wildman–Crippen LogP) is 2.43. The zero-order chi connectivity index (χ0) is 13.0. The lowest BCUT2D eigenvalue weighted by atomic mass is 9.90. The highest BCUT2D eigenvalue weighted by molar-refractivity contribution is 9.09. The first-order valence-electron chi connectivity index (χ1n) is 6.05. The smallest absolute Gasteiger partial charge is 0.244 e. The average Bonchev–Trinajstić information content (AvgIpc) is 2.40. The summed E-state index contributed by atoms with van der Waals surface area (Å²) in [5.41, 5.74) is 4.02. The number of amides is 1. The number of piperidine rings is 1. The molecule has 0 spiro atoms. The fraction of sp³-hybridized carbons (Fsp3) is 0.462. The summed E-state index contributed by atoms with van der Waals surface area (Å²) in [5, 5.41) is 2.27. The lowest BCUT2D eigenvalue weighted by molar-refractivity contribution is -0.123. The zero-order valence-corrected chi connectivity index (χ0v) is 11.6. The Kier molecular flexibility index (Phi) is 4.72. The molecular formula is C13H16BrFN2O. The van der Waals surface area contributed by atoms with Gasteiger partial charge in [-0.3, -0.25) is 10.2 Å². The van der Waals surface area contributed by atoms with E-state index in [0.717, 1.165) is 25.9 Å². The number of nitrogens with zero attached hydrogens (tertiary/aromatic N) is 1. The van der Waals surface area contributed by atoms with Crippen LogP contribution in [0.2, 0.25) is 0 Å². The van der Waals surface area contributed by atoms with Gasteiger partial charge in [0.15, 0.2) is 0 Å². The molecule has 18 heavy (non-hydrogen) atoms. The SMILES string of the molecule is O=C(CBr)NN1CCC(c2ccc(F)cc2)CC1. The molecule has 1 aliphatic heterocycles. The van der Waals surface area contributed by atoms with Crippen LogP contribution in [0.5, 0.6) is 0 Å². The Labute approximate surface area is 114 Å². The second-order valence-corrected chi connectivity index (χ2v) is 5.04. The van der Waals surface area contributed by atoms with E-state index >= 15 is 0 Å². The molecule has 1 aromatic carbocycles. The molecule has 0 bridgehead atoms. The van der Waals surface area contributed by atoms with Gasteiger partial charge in [0.25, 0.3) is 0 Å². The normalized spacial score (nSPS) is 17.7. The summed E-state index contributed by atoms with van der Waals surface area (Å²) in [7, 11) is 0. The third-order valence-electron chi connectivity index (χ3n) is 3.24. The summed E-state index contributed by atoms with van der Waals surface area (Å²) in [6, 6.07) is 6.72. The Morgan fingerprint density at radius 1 is 1.33 bits per heavy atom. The second-order valence-electron chi connectivity index (χ2n) is 4.48. The van der Waals surface area contributed by atoms with Gasteiger partial charge in [-0.15, -0.1) is 0 Å². The summed E-state index contributed by atoms with van der Waals surface area (Å²) in [6.07, 6.45) is 1.96. The van der Waals surface area contributed by atoms with Crippen molar-refractivity contribution in [2.45, 2.75) is 18.8 Å². The van der Waals surface area contributed by atoms with E-state index in [9.17, 15) is 9.18 Å². The lowest BCUT2D eigenvalue weighted by Crippen LogP contribution is -2.46. The Balaban J connectivity index is 1.86. The summed E-state index contributed by atoms with van der Waals surface area (Å²) in [5.74, 6) is 0.249. The molecule has 0 radical (unpaired) electrons. The third-order valence-corrected chi connectivity index (χ3v) is 3.75. The average molecular weight is 315 g/mol. The minimum atomic E-state index is -0.194. The number of carbonyl (C=O) groups excluding carboxylic acids is 1. The molecule has 3 nitrogen and oxygen atoms in total. The van der Waals surface area contributed by atoms with Gasteiger partial charge in [0.2, 0.25) is 5.91 Å². The number of halogens is 2. The highest BCUT2D eigenvalue weighted by atomic mass is 79.9. The van der Waals surface area contributed by atoms with Gasteiger partial charge < -0.3 is 0 Å². The van der Waals surface area contributed by atoms with Gasteiger partial charge in [-0.05, 0) is 36.5 Å². The van der Waals surface area contributed by atoms with Crippen molar-refractivity contribution >= 4 is 21.8 Å². The minimum Gasteiger partial charge on any atom is -0.288 e. The van der Waals surface area contributed by atoms with E-state index in [0.29, 0.717) is 11.2 Å². The zero-order valence-electron chi connectivity index (χ0n) is 10.0. The van der Waals surface area contributed by atoms with Crippen LogP contribution < -0.4 is 5.43 Å². The van der Waals surface area contributed by atoms with Crippen molar-refractivity contribution in [3.8, 4) is 0 Å². The van der Waals surface area contributed by atoms with Crippen LogP contribution in [-0.4, -0.2) is 29.3 Å². The van der Waals surface area contributed by atoms with Crippen molar-refractivity contribution in [3.63, 3.8) is 0 Å². The minimum absolute atomic E-state index is 0.0183. The topological polar surface area (TPSA) is 32.3 Å². The molecule has 1 saturated heterocycles. The first-order valence-corrected chi connectivity index (χ1v) is 7.17. The number of alkyl halides is 1. The first-order chi connectivity index (χ1) is 8.69. The predicted molar refractivity (Wildman–Crippen MR) is 71.9 cm³/mol. The number of rotatable bonds is 3. The van der Waals surface area contributed by atoms with Crippen LogP contribution >= 0.6 is 15.9 Å². The van der Waals surface area contributed by atoms with Crippen LogP contribution in [0.25, 0.3) is 0 Å². The molecule has 1 fully saturated rings. The van der Waals surface area contributed by atoms with Crippen LogP contribution in [0.15, 0.2) is 24.3 Å². The number of nitrogens with one attached hydrogen (secondary N) is 1. The standard InChI is InChI=1S/C13H16BrFN2O/c14-9-13(18)16-17-7-5-11(6-8-17)10-1-3-12(15)4-2-10/h1-4,11H,5-9H2,(H,16,18). The number of hydrogen-bond donors (Lipinski definition) is 1. The fourth-order valence-corrected chi connectivity index (χ4v) is 2.39. The van der Waals surface area contributed by atoms with E-state index in [4.69, 9.17) is 0 Å². The molecule has 98 valence electrons. The molecule has 1 amide bonds. The van der Waals surface area contributed by atoms with Gasteiger partial charge in [-0.2, -0.15) is 0 Å². The van der Waals surface area contributed by atoms with E-state index in [1.807, 2.05) is 17.1 Å². The number of hydrazine groups is 1. The van der Waals surface area contributed by atoms with Crippen LogP contribution in [0.4, 0.5) is 4.39 Å². The number of benzene rings is 1.